The second-order valence-corrected chi connectivity index (χ2v) is 11.9. The molecule has 3 aliphatic rings. The van der Waals surface area contributed by atoms with Gasteiger partial charge in [0.15, 0.2) is 0 Å². The number of fused-ring (bicyclic) bond motifs is 2. The van der Waals surface area contributed by atoms with Gasteiger partial charge in [-0.2, -0.15) is 0 Å². The summed E-state index contributed by atoms with van der Waals surface area (Å²) in [6.07, 6.45) is 4.88. The number of rotatable bonds is 11. The Morgan fingerprint density at radius 2 is 1.80 bits per heavy atom. The second kappa shape index (κ2) is 11.1. The number of benzene rings is 2. The maximum Gasteiger partial charge on any atom is 0.253 e. The number of anilines is 1. The summed E-state index contributed by atoms with van der Waals surface area (Å²) in [6.45, 7) is 12.5. The third kappa shape index (κ3) is 4.48. The van der Waals surface area contributed by atoms with E-state index in [9.17, 15) is 19.5 Å². The minimum absolute atomic E-state index is 0.00599. The molecule has 1 N–H and O–H groups in total. The van der Waals surface area contributed by atoms with Gasteiger partial charge in [-0.3, -0.25) is 14.4 Å². The Bertz CT molecular complexity index is 1380. The molecule has 2 bridgehead atoms. The largest absolute Gasteiger partial charge is 0.396 e. The molecule has 1 spiro atoms. The van der Waals surface area contributed by atoms with Crippen LogP contribution in [-0.2, 0) is 19.1 Å². The van der Waals surface area contributed by atoms with Crippen LogP contribution in [0.4, 0.5) is 5.69 Å². The molecule has 3 saturated heterocycles. The van der Waals surface area contributed by atoms with Crippen molar-refractivity contribution in [3.8, 4) is 0 Å². The standard InChI is InChI=1S/C33H41N3O5/c1-6-16-34(5)29(38)26-27-30(39)36(18-10-11-19-37)28(33(27)21-22(3)32(26,4)41-33)31(40)35(17-7-2)25-15-14-23-12-8-9-13-24(23)20-25/h6-9,12-15,20,22,26-28,37H,1-2,10-11,16-19,21H2,3-5H3/t22?,26-,27-,28?,32+,33?/m0/s1. The molecule has 8 heteroatoms. The highest BCUT2D eigenvalue weighted by Gasteiger charge is 2.80. The van der Waals surface area contributed by atoms with Crippen LogP contribution in [0.2, 0.25) is 0 Å². The van der Waals surface area contributed by atoms with E-state index in [1.807, 2.05) is 56.3 Å². The Kier molecular flexibility index (Phi) is 7.83. The molecule has 0 radical (unpaired) electrons. The third-order valence-electron chi connectivity index (χ3n) is 9.52. The Hall–Kier alpha value is -3.49. The van der Waals surface area contributed by atoms with Gasteiger partial charge in [-0.25, -0.2) is 0 Å². The number of nitrogens with zero attached hydrogens (tertiary/aromatic N) is 3. The van der Waals surface area contributed by atoms with Gasteiger partial charge in [-0.1, -0.05) is 49.4 Å². The fraction of sp³-hybridized carbons (Fsp3) is 0.485. The molecule has 3 fully saturated rings. The van der Waals surface area contributed by atoms with Gasteiger partial charge in [0.1, 0.15) is 11.6 Å². The number of likely N-dealkylation sites (N-methyl/N-ethyl adjacent to an activating group) is 1. The van der Waals surface area contributed by atoms with Crippen molar-refractivity contribution in [3.05, 3.63) is 67.8 Å². The highest BCUT2D eigenvalue weighted by molar-refractivity contribution is 6.06. The smallest absolute Gasteiger partial charge is 0.253 e. The molecule has 0 aliphatic carbocycles. The number of aliphatic hydroxyl groups is 1. The molecule has 0 saturated carbocycles. The molecule has 3 amide bonds. The summed E-state index contributed by atoms with van der Waals surface area (Å²) in [7, 11) is 1.71. The summed E-state index contributed by atoms with van der Waals surface area (Å²) in [5.41, 5.74) is -1.30. The van der Waals surface area contributed by atoms with Crippen molar-refractivity contribution < 1.29 is 24.2 Å². The highest BCUT2D eigenvalue weighted by atomic mass is 16.5. The first kappa shape index (κ1) is 29.0. The van der Waals surface area contributed by atoms with Gasteiger partial charge in [0.2, 0.25) is 11.8 Å². The lowest BCUT2D eigenvalue weighted by Crippen LogP contribution is -2.57. The molecule has 0 aromatic heterocycles. The van der Waals surface area contributed by atoms with E-state index in [0.29, 0.717) is 38.0 Å². The summed E-state index contributed by atoms with van der Waals surface area (Å²) < 4.78 is 6.86. The van der Waals surface area contributed by atoms with Crippen molar-refractivity contribution in [2.75, 3.05) is 38.2 Å². The molecule has 2 aromatic carbocycles. The molecular weight excluding hydrogens is 518 g/mol. The van der Waals surface area contributed by atoms with E-state index in [0.717, 1.165) is 10.8 Å². The van der Waals surface area contributed by atoms with Crippen LogP contribution in [-0.4, -0.2) is 83.2 Å². The van der Waals surface area contributed by atoms with Crippen LogP contribution in [0.15, 0.2) is 67.8 Å². The summed E-state index contributed by atoms with van der Waals surface area (Å²) in [5, 5.41) is 11.5. The number of carbonyl (C=O) groups is 3. The lowest BCUT2D eigenvalue weighted by Gasteiger charge is -2.38. The molecule has 2 aromatic rings. The molecule has 3 unspecified atom stereocenters. The third-order valence-corrected chi connectivity index (χ3v) is 9.52. The number of unbranched alkanes of at least 4 members (excludes halogenated alkanes) is 1. The van der Waals surface area contributed by atoms with Gasteiger partial charge in [-0.15, -0.1) is 13.2 Å². The van der Waals surface area contributed by atoms with E-state index in [1.165, 1.54) is 0 Å². The van der Waals surface area contributed by atoms with Gasteiger partial charge >= 0.3 is 0 Å². The quantitative estimate of drug-likeness (QED) is 0.334. The molecule has 6 atom stereocenters. The lowest BCUT2D eigenvalue weighted by molar-refractivity contribution is -0.150. The van der Waals surface area contributed by atoms with E-state index in [-0.39, 0.29) is 36.8 Å². The van der Waals surface area contributed by atoms with Crippen LogP contribution >= 0.6 is 0 Å². The summed E-state index contributed by atoms with van der Waals surface area (Å²) in [6, 6.07) is 12.9. The lowest BCUT2D eigenvalue weighted by atomic mass is 9.62. The Labute approximate surface area is 242 Å². The zero-order chi connectivity index (χ0) is 29.5. The molecule has 3 heterocycles. The number of amides is 3. The SMILES string of the molecule is C=CCN(C)C(=O)[C@@H]1[C@H]2C(=O)N(CCCCO)C(C(=O)N(CC=C)c3ccc4ccccc4c3)C23CC(C)[C@@]1(C)O3. The molecule has 5 rings (SSSR count). The van der Waals surface area contributed by atoms with Crippen LogP contribution in [0.1, 0.15) is 33.1 Å². The maximum absolute atomic E-state index is 14.8. The predicted molar refractivity (Wildman–Crippen MR) is 159 cm³/mol. The first-order valence-electron chi connectivity index (χ1n) is 14.5. The monoisotopic (exact) mass is 559 g/mol. The minimum atomic E-state index is -1.13. The second-order valence-electron chi connectivity index (χ2n) is 11.9. The van der Waals surface area contributed by atoms with Crippen LogP contribution in [0.3, 0.4) is 0 Å². The molecule has 3 aliphatic heterocycles. The number of aliphatic hydroxyl groups excluding tert-OH is 1. The maximum atomic E-state index is 14.8. The van der Waals surface area contributed by atoms with Gasteiger partial charge < -0.3 is 24.5 Å². The summed E-state index contributed by atoms with van der Waals surface area (Å²) >= 11 is 0. The number of ether oxygens (including phenoxy) is 1. The van der Waals surface area contributed by atoms with E-state index >= 15 is 0 Å². The van der Waals surface area contributed by atoms with Gasteiger partial charge in [-0.05, 0) is 55.0 Å². The van der Waals surface area contributed by atoms with Crippen molar-refractivity contribution in [1.82, 2.24) is 9.80 Å². The van der Waals surface area contributed by atoms with Crippen molar-refractivity contribution in [2.24, 2.45) is 17.8 Å². The average molecular weight is 560 g/mol. The Morgan fingerprint density at radius 3 is 2.49 bits per heavy atom. The first-order valence-corrected chi connectivity index (χ1v) is 14.5. The van der Waals surface area contributed by atoms with Crippen LogP contribution < -0.4 is 4.90 Å². The van der Waals surface area contributed by atoms with Crippen molar-refractivity contribution in [2.45, 2.75) is 50.4 Å². The molecule has 218 valence electrons. The average Bonchev–Trinajstić information content (AvgIpc) is 3.47. The Morgan fingerprint density at radius 1 is 1.10 bits per heavy atom. The van der Waals surface area contributed by atoms with Gasteiger partial charge in [0, 0.05) is 39.0 Å². The van der Waals surface area contributed by atoms with Crippen molar-refractivity contribution >= 4 is 34.2 Å². The summed E-state index contributed by atoms with van der Waals surface area (Å²) in [5.74, 6) is -2.16. The minimum Gasteiger partial charge on any atom is -0.396 e. The Balaban J connectivity index is 1.60. The van der Waals surface area contributed by atoms with E-state index in [1.54, 1.807) is 33.9 Å². The van der Waals surface area contributed by atoms with Crippen molar-refractivity contribution in [1.29, 1.82) is 0 Å². The number of hydrogen-bond acceptors (Lipinski definition) is 5. The van der Waals surface area contributed by atoms with Crippen molar-refractivity contribution in [3.63, 3.8) is 0 Å². The normalized spacial score (nSPS) is 30.0. The van der Waals surface area contributed by atoms with E-state index in [2.05, 4.69) is 13.2 Å². The topological polar surface area (TPSA) is 90.4 Å². The predicted octanol–water partition coefficient (Wildman–Crippen LogP) is 3.79. The van der Waals surface area contributed by atoms with Gasteiger partial charge in [0.25, 0.3) is 5.91 Å². The highest BCUT2D eigenvalue weighted by Crippen LogP contribution is 2.65. The fourth-order valence-corrected chi connectivity index (χ4v) is 7.49. The zero-order valence-corrected chi connectivity index (χ0v) is 24.3. The van der Waals surface area contributed by atoms with Crippen LogP contribution in [0, 0.1) is 17.8 Å². The summed E-state index contributed by atoms with van der Waals surface area (Å²) in [4.78, 5) is 47.8. The first-order chi connectivity index (χ1) is 19.6. The molecular formula is C33H41N3O5. The van der Waals surface area contributed by atoms with Crippen LogP contribution in [0.25, 0.3) is 10.8 Å². The van der Waals surface area contributed by atoms with E-state index < -0.39 is 29.1 Å². The van der Waals surface area contributed by atoms with Gasteiger partial charge in [0.05, 0.1) is 17.4 Å². The number of likely N-dealkylation sites (tertiary alicyclic amines) is 1. The van der Waals surface area contributed by atoms with Crippen LogP contribution in [0.5, 0.6) is 0 Å². The molecule has 41 heavy (non-hydrogen) atoms. The number of carbonyl (C=O) groups excluding carboxylic acids is 3. The fourth-order valence-electron chi connectivity index (χ4n) is 7.49. The van der Waals surface area contributed by atoms with E-state index in [4.69, 9.17) is 4.74 Å². The molecule has 8 nitrogen and oxygen atoms in total. The zero-order valence-electron chi connectivity index (χ0n) is 24.3. The number of hydrogen-bond donors (Lipinski definition) is 1.